The zero-order valence-corrected chi connectivity index (χ0v) is 12.4. The summed E-state index contributed by atoms with van der Waals surface area (Å²) in [4.78, 5) is 8.51. The Morgan fingerprint density at radius 3 is 2.65 bits per heavy atom. The van der Waals surface area contributed by atoms with E-state index in [4.69, 9.17) is 10.6 Å². The van der Waals surface area contributed by atoms with Crippen molar-refractivity contribution in [3.63, 3.8) is 0 Å². The van der Waals surface area contributed by atoms with E-state index in [1.807, 2.05) is 6.92 Å². The molecular weight excluding hydrogens is 258 g/mol. The van der Waals surface area contributed by atoms with Crippen molar-refractivity contribution in [3.05, 3.63) is 11.9 Å². The van der Waals surface area contributed by atoms with Gasteiger partial charge in [0, 0.05) is 19.2 Å². The van der Waals surface area contributed by atoms with Gasteiger partial charge in [0.25, 0.3) is 0 Å². The highest BCUT2D eigenvalue weighted by molar-refractivity contribution is 5.46. The topological polar surface area (TPSA) is 105 Å². The molecular formula is C13H25N5O2. The summed E-state index contributed by atoms with van der Waals surface area (Å²) in [6.07, 6.45) is 0.334. The monoisotopic (exact) mass is 283 g/mol. The molecule has 0 spiro atoms. The first kappa shape index (κ1) is 16.6. The highest BCUT2D eigenvalue weighted by atomic mass is 16.5. The van der Waals surface area contributed by atoms with E-state index in [2.05, 4.69) is 34.6 Å². The van der Waals surface area contributed by atoms with Crippen LogP contribution < -0.4 is 16.6 Å². The molecule has 5 N–H and O–H groups in total. The molecule has 0 aliphatic carbocycles. The van der Waals surface area contributed by atoms with Crippen LogP contribution in [0.2, 0.25) is 0 Å². The highest BCUT2D eigenvalue weighted by Crippen LogP contribution is 2.12. The molecule has 0 aliphatic heterocycles. The summed E-state index contributed by atoms with van der Waals surface area (Å²) in [5.41, 5.74) is 2.49. The van der Waals surface area contributed by atoms with E-state index in [1.165, 1.54) is 0 Å². The average molecular weight is 283 g/mol. The van der Waals surface area contributed by atoms with Gasteiger partial charge in [0.05, 0.1) is 6.10 Å². The Labute approximate surface area is 119 Å². The molecule has 0 saturated heterocycles. The van der Waals surface area contributed by atoms with Gasteiger partial charge in [-0.25, -0.2) is 15.8 Å². The van der Waals surface area contributed by atoms with Crippen LogP contribution in [0.5, 0.6) is 0 Å². The van der Waals surface area contributed by atoms with Crippen LogP contribution in [0.25, 0.3) is 0 Å². The van der Waals surface area contributed by atoms with Gasteiger partial charge < -0.3 is 20.6 Å². The highest BCUT2D eigenvalue weighted by Gasteiger charge is 2.09. The van der Waals surface area contributed by atoms with Crippen LogP contribution in [-0.2, 0) is 11.3 Å². The van der Waals surface area contributed by atoms with Crippen LogP contribution in [0.1, 0.15) is 33.0 Å². The normalized spacial score (nSPS) is 12.5. The second-order valence-electron chi connectivity index (χ2n) is 5.00. The number of anilines is 2. The Morgan fingerprint density at radius 2 is 2.05 bits per heavy atom. The van der Waals surface area contributed by atoms with Gasteiger partial charge >= 0.3 is 0 Å². The third-order valence-electron chi connectivity index (χ3n) is 2.62. The van der Waals surface area contributed by atoms with Crippen LogP contribution in [0.15, 0.2) is 6.07 Å². The Morgan fingerprint density at radius 1 is 1.35 bits per heavy atom. The Hall–Kier alpha value is -1.44. The minimum absolute atomic E-state index is 0.329. The van der Waals surface area contributed by atoms with Crippen LogP contribution in [0.4, 0.5) is 11.6 Å². The first-order valence-electron chi connectivity index (χ1n) is 6.89. The lowest BCUT2D eigenvalue weighted by Crippen LogP contribution is -2.22. The summed E-state index contributed by atoms with van der Waals surface area (Å²) in [6, 6.07) is 1.69. The molecule has 0 amide bonds. The van der Waals surface area contributed by atoms with Gasteiger partial charge in [-0.05, 0) is 19.3 Å². The number of nitrogens with one attached hydrogen (secondary N) is 2. The van der Waals surface area contributed by atoms with E-state index in [0.29, 0.717) is 43.1 Å². The minimum atomic E-state index is -0.408. The van der Waals surface area contributed by atoms with Crippen LogP contribution in [0.3, 0.4) is 0 Å². The molecule has 0 fully saturated rings. The molecule has 0 saturated carbocycles. The number of rotatable bonds is 9. The molecule has 1 unspecified atom stereocenters. The SMILES string of the molecule is CCOCc1nc(NN)cc(NCC(O)CC(C)C)n1. The van der Waals surface area contributed by atoms with Gasteiger partial charge in [0.15, 0.2) is 5.82 Å². The second kappa shape index (κ2) is 8.68. The van der Waals surface area contributed by atoms with Gasteiger partial charge in [-0.1, -0.05) is 13.8 Å². The first-order valence-corrected chi connectivity index (χ1v) is 6.89. The van der Waals surface area contributed by atoms with E-state index in [1.54, 1.807) is 6.07 Å². The summed E-state index contributed by atoms with van der Waals surface area (Å²) in [6.45, 7) is 7.42. The maximum absolute atomic E-state index is 9.85. The Kier molecular flexibility index (Phi) is 7.21. The number of hydrogen-bond acceptors (Lipinski definition) is 7. The molecule has 0 aromatic carbocycles. The fourth-order valence-electron chi connectivity index (χ4n) is 1.77. The maximum Gasteiger partial charge on any atom is 0.158 e. The smallest absolute Gasteiger partial charge is 0.158 e. The zero-order valence-electron chi connectivity index (χ0n) is 12.4. The molecule has 0 bridgehead atoms. The van der Waals surface area contributed by atoms with Crippen molar-refractivity contribution in [1.82, 2.24) is 9.97 Å². The lowest BCUT2D eigenvalue weighted by atomic mass is 10.1. The molecule has 7 nitrogen and oxygen atoms in total. The number of aliphatic hydroxyl groups is 1. The number of hydrogen-bond donors (Lipinski definition) is 4. The lowest BCUT2D eigenvalue weighted by Gasteiger charge is -2.15. The van der Waals surface area contributed by atoms with Gasteiger partial charge in [0.2, 0.25) is 0 Å². The number of aromatic nitrogens is 2. The molecule has 7 heteroatoms. The number of nitrogens with zero attached hydrogens (tertiary/aromatic N) is 2. The van der Waals surface area contributed by atoms with Crippen molar-refractivity contribution in [2.75, 3.05) is 23.9 Å². The standard InChI is InChI=1S/C13H25N5O2/c1-4-20-8-13-16-11(6-12(17-13)18-14)15-7-10(19)5-9(2)3/h6,9-10,19H,4-5,7-8,14H2,1-3H3,(H2,15,16,17,18). The van der Waals surface area contributed by atoms with E-state index >= 15 is 0 Å². The maximum atomic E-state index is 9.85. The van der Waals surface area contributed by atoms with Crippen molar-refractivity contribution < 1.29 is 9.84 Å². The minimum Gasteiger partial charge on any atom is -0.391 e. The summed E-state index contributed by atoms with van der Waals surface area (Å²) >= 11 is 0. The van der Waals surface area contributed by atoms with Crippen LogP contribution in [-0.4, -0.2) is 34.3 Å². The number of aliphatic hydroxyl groups excluding tert-OH is 1. The number of nitrogens with two attached hydrogens (primary N) is 1. The molecule has 114 valence electrons. The van der Waals surface area contributed by atoms with Crippen LogP contribution in [0, 0.1) is 5.92 Å². The molecule has 1 aromatic rings. The zero-order chi connectivity index (χ0) is 15.0. The molecule has 1 heterocycles. The first-order chi connectivity index (χ1) is 9.55. The Balaban J connectivity index is 2.63. The molecule has 1 aromatic heterocycles. The molecule has 0 radical (unpaired) electrons. The molecule has 1 rings (SSSR count). The predicted molar refractivity (Wildman–Crippen MR) is 79.1 cm³/mol. The van der Waals surface area contributed by atoms with Gasteiger partial charge in [-0.3, -0.25) is 0 Å². The summed E-state index contributed by atoms with van der Waals surface area (Å²) in [5, 5.41) is 12.9. The van der Waals surface area contributed by atoms with E-state index in [0.717, 1.165) is 6.42 Å². The van der Waals surface area contributed by atoms with E-state index < -0.39 is 6.10 Å². The van der Waals surface area contributed by atoms with Gasteiger partial charge in [-0.2, -0.15) is 0 Å². The summed E-state index contributed by atoms with van der Waals surface area (Å²) in [7, 11) is 0. The van der Waals surface area contributed by atoms with Crippen molar-refractivity contribution >= 4 is 11.6 Å². The van der Waals surface area contributed by atoms with Crippen molar-refractivity contribution in [3.8, 4) is 0 Å². The van der Waals surface area contributed by atoms with Gasteiger partial charge in [-0.15, -0.1) is 0 Å². The third-order valence-corrected chi connectivity index (χ3v) is 2.62. The predicted octanol–water partition coefficient (Wildman–Crippen LogP) is 1.12. The Bertz CT molecular complexity index is 400. The molecule has 1 atom stereocenters. The van der Waals surface area contributed by atoms with Crippen molar-refractivity contribution in [2.24, 2.45) is 11.8 Å². The third kappa shape index (κ3) is 6.14. The van der Waals surface area contributed by atoms with Crippen molar-refractivity contribution in [1.29, 1.82) is 0 Å². The van der Waals surface area contributed by atoms with Crippen LogP contribution >= 0.6 is 0 Å². The fourth-order valence-corrected chi connectivity index (χ4v) is 1.77. The second-order valence-corrected chi connectivity index (χ2v) is 5.00. The summed E-state index contributed by atoms with van der Waals surface area (Å²) < 4.78 is 5.28. The molecule has 20 heavy (non-hydrogen) atoms. The quantitative estimate of drug-likeness (QED) is 0.397. The fraction of sp³-hybridized carbons (Fsp3) is 0.692. The van der Waals surface area contributed by atoms with E-state index in [9.17, 15) is 5.11 Å². The number of ether oxygens (including phenoxy) is 1. The number of nitrogen functional groups attached to an aromatic ring is 1. The van der Waals surface area contributed by atoms with Gasteiger partial charge in [0.1, 0.15) is 18.2 Å². The summed E-state index contributed by atoms with van der Waals surface area (Å²) in [5.74, 6) is 7.50. The molecule has 0 aliphatic rings. The largest absolute Gasteiger partial charge is 0.391 e. The number of hydrazine groups is 1. The van der Waals surface area contributed by atoms with E-state index in [-0.39, 0.29) is 0 Å². The van der Waals surface area contributed by atoms with Crippen molar-refractivity contribution in [2.45, 2.75) is 39.9 Å². The average Bonchev–Trinajstić information content (AvgIpc) is 2.42. The lowest BCUT2D eigenvalue weighted by molar-refractivity contribution is 0.128.